The third kappa shape index (κ3) is 4.06. The highest BCUT2D eigenvalue weighted by Crippen LogP contribution is 2.23. The molecule has 120 valence electrons. The summed E-state index contributed by atoms with van der Waals surface area (Å²) in [6.07, 6.45) is 7.25. The molecule has 1 atom stereocenters. The topological polar surface area (TPSA) is 53.5 Å². The summed E-state index contributed by atoms with van der Waals surface area (Å²) in [6.45, 7) is 3.61. The molecule has 0 spiro atoms. The van der Waals surface area contributed by atoms with Crippen LogP contribution in [0.4, 0.5) is 0 Å². The first-order chi connectivity index (χ1) is 10.6. The fourth-order valence-corrected chi connectivity index (χ4v) is 3.02. The SMILES string of the molecule is CC[C@H](c1cccnc1)N(C)C(=O)CCCN1CCCC1=O. The van der Waals surface area contributed by atoms with Crippen LogP contribution in [-0.2, 0) is 9.59 Å². The summed E-state index contributed by atoms with van der Waals surface area (Å²) < 4.78 is 0. The smallest absolute Gasteiger partial charge is 0.222 e. The van der Waals surface area contributed by atoms with Crippen molar-refractivity contribution in [1.82, 2.24) is 14.8 Å². The molecule has 1 fully saturated rings. The van der Waals surface area contributed by atoms with Crippen molar-refractivity contribution in [3.05, 3.63) is 30.1 Å². The highest BCUT2D eigenvalue weighted by molar-refractivity contribution is 5.78. The third-order valence-electron chi connectivity index (χ3n) is 4.31. The van der Waals surface area contributed by atoms with E-state index in [1.54, 1.807) is 6.20 Å². The van der Waals surface area contributed by atoms with Crippen LogP contribution < -0.4 is 0 Å². The maximum absolute atomic E-state index is 12.4. The van der Waals surface area contributed by atoms with Gasteiger partial charge in [-0.1, -0.05) is 13.0 Å². The highest BCUT2D eigenvalue weighted by atomic mass is 16.2. The zero-order valence-electron chi connectivity index (χ0n) is 13.5. The van der Waals surface area contributed by atoms with Crippen LogP contribution in [0.25, 0.3) is 0 Å². The quantitative estimate of drug-likeness (QED) is 0.777. The minimum absolute atomic E-state index is 0.0645. The Morgan fingerprint density at radius 3 is 2.91 bits per heavy atom. The highest BCUT2D eigenvalue weighted by Gasteiger charge is 2.22. The summed E-state index contributed by atoms with van der Waals surface area (Å²) in [4.78, 5) is 31.7. The van der Waals surface area contributed by atoms with Crippen molar-refractivity contribution in [2.45, 2.75) is 45.1 Å². The van der Waals surface area contributed by atoms with E-state index in [0.717, 1.165) is 31.4 Å². The molecular formula is C17H25N3O2. The fourth-order valence-electron chi connectivity index (χ4n) is 3.02. The van der Waals surface area contributed by atoms with Crippen molar-refractivity contribution < 1.29 is 9.59 Å². The lowest BCUT2D eigenvalue weighted by atomic mass is 10.0. The van der Waals surface area contributed by atoms with Gasteiger partial charge in [-0.25, -0.2) is 0 Å². The van der Waals surface area contributed by atoms with Gasteiger partial charge in [0.15, 0.2) is 0 Å². The number of nitrogens with zero attached hydrogens (tertiary/aromatic N) is 3. The van der Waals surface area contributed by atoms with Crippen LogP contribution in [0.2, 0.25) is 0 Å². The van der Waals surface area contributed by atoms with Crippen LogP contribution in [0, 0.1) is 0 Å². The molecule has 0 N–H and O–H groups in total. The van der Waals surface area contributed by atoms with Crippen molar-refractivity contribution in [2.75, 3.05) is 20.1 Å². The third-order valence-corrected chi connectivity index (χ3v) is 4.31. The van der Waals surface area contributed by atoms with Gasteiger partial charge in [-0.3, -0.25) is 14.6 Å². The maximum atomic E-state index is 12.4. The summed E-state index contributed by atoms with van der Waals surface area (Å²) in [6, 6.07) is 3.97. The number of carbonyl (C=O) groups excluding carboxylic acids is 2. The van der Waals surface area contributed by atoms with E-state index in [4.69, 9.17) is 0 Å². The van der Waals surface area contributed by atoms with Crippen molar-refractivity contribution in [2.24, 2.45) is 0 Å². The zero-order chi connectivity index (χ0) is 15.9. The zero-order valence-corrected chi connectivity index (χ0v) is 13.5. The predicted octanol–water partition coefficient (Wildman–Crippen LogP) is 2.39. The molecule has 2 heterocycles. The summed E-state index contributed by atoms with van der Waals surface area (Å²) >= 11 is 0. The fraction of sp³-hybridized carbons (Fsp3) is 0.588. The lowest BCUT2D eigenvalue weighted by Gasteiger charge is -2.28. The van der Waals surface area contributed by atoms with Gasteiger partial charge in [0.1, 0.15) is 0 Å². The van der Waals surface area contributed by atoms with E-state index < -0.39 is 0 Å². The van der Waals surface area contributed by atoms with Crippen LogP contribution in [0.5, 0.6) is 0 Å². The standard InChI is InChI=1S/C17H25N3O2/c1-3-15(14-7-4-10-18-13-14)19(2)16(21)8-5-11-20-12-6-9-17(20)22/h4,7,10,13,15H,3,5-6,8-9,11-12H2,1-2H3/t15-/m1/s1. The summed E-state index contributed by atoms with van der Waals surface area (Å²) in [5.41, 5.74) is 1.07. The molecule has 1 aliphatic rings. The first-order valence-electron chi connectivity index (χ1n) is 8.06. The number of aromatic nitrogens is 1. The van der Waals surface area contributed by atoms with E-state index >= 15 is 0 Å². The molecule has 0 aliphatic carbocycles. The molecule has 5 heteroatoms. The van der Waals surface area contributed by atoms with Crippen LogP contribution >= 0.6 is 0 Å². The van der Waals surface area contributed by atoms with E-state index in [-0.39, 0.29) is 17.9 Å². The lowest BCUT2D eigenvalue weighted by molar-refractivity contribution is -0.133. The Bertz CT molecular complexity index is 504. The second-order valence-electron chi connectivity index (χ2n) is 5.80. The van der Waals surface area contributed by atoms with E-state index in [0.29, 0.717) is 19.4 Å². The first kappa shape index (κ1) is 16.5. The molecular weight excluding hydrogens is 278 g/mol. The van der Waals surface area contributed by atoms with E-state index in [1.165, 1.54) is 0 Å². The molecule has 0 bridgehead atoms. The molecule has 2 amide bonds. The van der Waals surface area contributed by atoms with Crippen LogP contribution in [0.3, 0.4) is 0 Å². The number of hydrogen-bond acceptors (Lipinski definition) is 3. The van der Waals surface area contributed by atoms with Gasteiger partial charge in [0, 0.05) is 45.4 Å². The lowest BCUT2D eigenvalue weighted by Crippen LogP contribution is -2.32. The molecule has 0 unspecified atom stereocenters. The molecule has 1 aliphatic heterocycles. The van der Waals surface area contributed by atoms with Gasteiger partial charge in [-0.2, -0.15) is 0 Å². The normalized spacial score (nSPS) is 15.9. The van der Waals surface area contributed by atoms with Crippen molar-refractivity contribution in [3.8, 4) is 0 Å². The van der Waals surface area contributed by atoms with Gasteiger partial charge < -0.3 is 9.80 Å². The Hall–Kier alpha value is -1.91. The van der Waals surface area contributed by atoms with Crippen molar-refractivity contribution in [3.63, 3.8) is 0 Å². The monoisotopic (exact) mass is 303 g/mol. The van der Waals surface area contributed by atoms with Crippen LogP contribution in [0.15, 0.2) is 24.5 Å². The minimum Gasteiger partial charge on any atom is -0.343 e. The van der Waals surface area contributed by atoms with E-state index in [9.17, 15) is 9.59 Å². The summed E-state index contributed by atoms with van der Waals surface area (Å²) in [7, 11) is 1.85. The molecule has 1 saturated heterocycles. The number of likely N-dealkylation sites (tertiary alicyclic amines) is 1. The van der Waals surface area contributed by atoms with Gasteiger partial charge in [-0.05, 0) is 30.9 Å². The largest absolute Gasteiger partial charge is 0.343 e. The molecule has 5 nitrogen and oxygen atoms in total. The predicted molar refractivity (Wildman–Crippen MR) is 85.1 cm³/mol. The van der Waals surface area contributed by atoms with Gasteiger partial charge >= 0.3 is 0 Å². The maximum Gasteiger partial charge on any atom is 0.222 e. The summed E-state index contributed by atoms with van der Waals surface area (Å²) in [5.74, 6) is 0.352. The second-order valence-corrected chi connectivity index (χ2v) is 5.80. The number of carbonyl (C=O) groups is 2. The van der Waals surface area contributed by atoms with Crippen molar-refractivity contribution in [1.29, 1.82) is 0 Å². The Balaban J connectivity index is 1.84. The van der Waals surface area contributed by atoms with E-state index in [1.807, 2.05) is 35.2 Å². The van der Waals surface area contributed by atoms with Crippen molar-refractivity contribution >= 4 is 11.8 Å². The number of hydrogen-bond donors (Lipinski definition) is 0. The Labute approximate surface area is 132 Å². The average Bonchev–Trinajstić information content (AvgIpc) is 2.94. The molecule has 2 rings (SSSR count). The van der Waals surface area contributed by atoms with Gasteiger partial charge in [-0.15, -0.1) is 0 Å². The van der Waals surface area contributed by atoms with Crippen LogP contribution in [0.1, 0.15) is 50.6 Å². The Kier molecular flexibility index (Phi) is 5.92. The number of rotatable bonds is 7. The van der Waals surface area contributed by atoms with Gasteiger partial charge in [0.2, 0.25) is 11.8 Å². The molecule has 22 heavy (non-hydrogen) atoms. The summed E-state index contributed by atoms with van der Waals surface area (Å²) in [5, 5.41) is 0. The molecule has 0 saturated carbocycles. The Morgan fingerprint density at radius 1 is 1.50 bits per heavy atom. The molecule has 0 radical (unpaired) electrons. The number of amides is 2. The molecule has 0 aromatic carbocycles. The molecule has 1 aromatic heterocycles. The van der Waals surface area contributed by atoms with Crippen LogP contribution in [-0.4, -0.2) is 46.7 Å². The average molecular weight is 303 g/mol. The molecule has 1 aromatic rings. The second kappa shape index (κ2) is 7.92. The number of pyridine rings is 1. The first-order valence-corrected chi connectivity index (χ1v) is 8.06. The Morgan fingerprint density at radius 2 is 2.32 bits per heavy atom. The van der Waals surface area contributed by atoms with Gasteiger partial charge in [0.25, 0.3) is 0 Å². The van der Waals surface area contributed by atoms with Gasteiger partial charge in [0.05, 0.1) is 6.04 Å². The van der Waals surface area contributed by atoms with E-state index in [2.05, 4.69) is 11.9 Å². The minimum atomic E-state index is 0.0645.